The Labute approximate surface area is 147 Å². The molecule has 3 nitrogen and oxygen atoms in total. The van der Waals surface area contributed by atoms with E-state index in [1.807, 2.05) is 24.3 Å². The molecular formula is C21H34O3. The molecule has 0 heterocycles. The van der Waals surface area contributed by atoms with Gasteiger partial charge in [0.15, 0.2) is 0 Å². The third-order valence-electron chi connectivity index (χ3n) is 4.13. The van der Waals surface area contributed by atoms with Crippen molar-refractivity contribution in [2.75, 3.05) is 0 Å². The van der Waals surface area contributed by atoms with E-state index < -0.39 is 6.16 Å². The molecule has 0 saturated carbocycles. The quantitative estimate of drug-likeness (QED) is 0.314. The van der Waals surface area contributed by atoms with E-state index in [9.17, 15) is 4.79 Å². The lowest BCUT2D eigenvalue weighted by atomic mass is 9.83. The van der Waals surface area contributed by atoms with Crippen LogP contribution in [0.25, 0.3) is 0 Å². The lowest BCUT2D eigenvalue weighted by Gasteiger charge is -2.32. The van der Waals surface area contributed by atoms with Crippen LogP contribution in [0.15, 0.2) is 24.3 Å². The van der Waals surface area contributed by atoms with E-state index in [4.69, 9.17) is 9.47 Å². The summed E-state index contributed by atoms with van der Waals surface area (Å²) in [6.07, 6.45) is 5.28. The molecule has 0 bridgehead atoms. The maximum Gasteiger partial charge on any atom is 0.514 e. The summed E-state index contributed by atoms with van der Waals surface area (Å²) in [5.41, 5.74) is 1.16. The van der Waals surface area contributed by atoms with Crippen LogP contribution in [0.5, 0.6) is 5.75 Å². The number of benzene rings is 1. The zero-order valence-electron chi connectivity index (χ0n) is 16.2. The zero-order chi connectivity index (χ0) is 18.2. The summed E-state index contributed by atoms with van der Waals surface area (Å²) >= 11 is 0. The minimum absolute atomic E-state index is 0.116. The minimum Gasteiger partial charge on any atom is -0.430 e. The van der Waals surface area contributed by atoms with Crippen molar-refractivity contribution in [3.05, 3.63) is 29.8 Å². The number of aryl methyl sites for hydroxylation is 1. The average Bonchev–Trinajstić information content (AvgIpc) is 2.49. The summed E-state index contributed by atoms with van der Waals surface area (Å²) in [5, 5.41) is 0. The topological polar surface area (TPSA) is 35.5 Å². The van der Waals surface area contributed by atoms with Gasteiger partial charge < -0.3 is 9.47 Å². The number of hydrogen-bond acceptors (Lipinski definition) is 3. The zero-order valence-corrected chi connectivity index (χ0v) is 16.2. The van der Waals surface area contributed by atoms with E-state index in [2.05, 4.69) is 41.5 Å². The molecule has 0 aliphatic heterocycles. The maximum atomic E-state index is 12.1. The van der Waals surface area contributed by atoms with Crippen LogP contribution in [0.3, 0.4) is 0 Å². The van der Waals surface area contributed by atoms with E-state index in [1.54, 1.807) is 0 Å². The van der Waals surface area contributed by atoms with Gasteiger partial charge in [0, 0.05) is 0 Å². The second-order valence-electron chi connectivity index (χ2n) is 7.96. The van der Waals surface area contributed by atoms with Crippen molar-refractivity contribution in [1.82, 2.24) is 0 Å². The van der Waals surface area contributed by atoms with E-state index in [0.717, 1.165) is 6.42 Å². The highest BCUT2D eigenvalue weighted by Gasteiger charge is 2.31. The van der Waals surface area contributed by atoms with Gasteiger partial charge in [0.05, 0.1) is 0 Å². The fourth-order valence-corrected chi connectivity index (χ4v) is 3.02. The average molecular weight is 335 g/mol. The fraction of sp³-hybridized carbons (Fsp3) is 0.667. The first kappa shape index (κ1) is 20.5. The van der Waals surface area contributed by atoms with E-state index in [0.29, 0.717) is 5.75 Å². The number of unbranched alkanes of at least 4 members (excludes halogenated alkanes) is 3. The Morgan fingerprint density at radius 1 is 1.04 bits per heavy atom. The maximum absolute atomic E-state index is 12.1. The lowest BCUT2D eigenvalue weighted by molar-refractivity contribution is -0.0192. The van der Waals surface area contributed by atoms with Crippen LogP contribution in [0.1, 0.15) is 72.8 Å². The Hall–Kier alpha value is -1.51. The molecule has 0 spiro atoms. The summed E-state index contributed by atoms with van der Waals surface area (Å²) < 4.78 is 10.9. The van der Waals surface area contributed by atoms with Crippen molar-refractivity contribution in [1.29, 1.82) is 0 Å². The first-order valence-electron chi connectivity index (χ1n) is 9.21. The molecule has 1 unspecified atom stereocenters. The van der Waals surface area contributed by atoms with Gasteiger partial charge in [0.2, 0.25) is 0 Å². The van der Waals surface area contributed by atoms with E-state index in [1.165, 1.54) is 31.2 Å². The van der Waals surface area contributed by atoms with Crippen LogP contribution >= 0.6 is 0 Å². The Morgan fingerprint density at radius 2 is 1.67 bits per heavy atom. The van der Waals surface area contributed by atoms with E-state index >= 15 is 0 Å². The van der Waals surface area contributed by atoms with Gasteiger partial charge in [-0.1, -0.05) is 72.9 Å². The highest BCUT2D eigenvalue weighted by molar-refractivity contribution is 5.64. The normalized spacial score (nSPS) is 13.0. The third-order valence-corrected chi connectivity index (χ3v) is 4.13. The van der Waals surface area contributed by atoms with Gasteiger partial charge in [-0.05, 0) is 41.9 Å². The van der Waals surface area contributed by atoms with Crippen molar-refractivity contribution in [2.24, 2.45) is 11.3 Å². The molecule has 0 aromatic heterocycles. The largest absolute Gasteiger partial charge is 0.514 e. The van der Waals surface area contributed by atoms with Crippen LogP contribution in [0.2, 0.25) is 0 Å². The minimum atomic E-state index is -0.626. The number of ether oxygens (including phenoxy) is 2. The Bertz CT molecular complexity index is 483. The monoisotopic (exact) mass is 334 g/mol. The predicted octanol–water partition coefficient (Wildman–Crippen LogP) is 6.40. The molecule has 1 aromatic carbocycles. The Morgan fingerprint density at radius 3 is 2.17 bits per heavy atom. The number of hydrogen-bond donors (Lipinski definition) is 0. The number of carbonyl (C=O) groups excluding carboxylic acids is 1. The smallest absolute Gasteiger partial charge is 0.430 e. The van der Waals surface area contributed by atoms with Crippen LogP contribution in [0.4, 0.5) is 4.79 Å². The van der Waals surface area contributed by atoms with Gasteiger partial charge in [-0.15, -0.1) is 0 Å². The molecule has 0 amide bonds. The molecule has 0 aliphatic carbocycles. The molecule has 1 atom stereocenters. The summed E-state index contributed by atoms with van der Waals surface area (Å²) in [6.45, 7) is 12.5. The van der Waals surface area contributed by atoms with Gasteiger partial charge >= 0.3 is 6.16 Å². The molecule has 24 heavy (non-hydrogen) atoms. The molecule has 3 heteroatoms. The SMILES string of the molecule is CCCCCCc1ccc(OC(=O)OC(C(C)C)C(C)(C)C)cc1. The molecule has 0 N–H and O–H groups in total. The fourth-order valence-electron chi connectivity index (χ4n) is 3.02. The molecular weight excluding hydrogens is 300 g/mol. The summed E-state index contributed by atoms with van der Waals surface area (Å²) in [5.74, 6) is 0.775. The number of rotatable bonds is 8. The molecule has 136 valence electrons. The highest BCUT2D eigenvalue weighted by Crippen LogP contribution is 2.28. The molecule has 0 aliphatic rings. The van der Waals surface area contributed by atoms with Gasteiger partial charge in [-0.3, -0.25) is 0 Å². The number of carbonyl (C=O) groups is 1. The summed E-state index contributed by atoms with van der Waals surface area (Å²) in [6, 6.07) is 7.74. The van der Waals surface area contributed by atoms with Crippen molar-refractivity contribution >= 4 is 6.16 Å². The first-order valence-corrected chi connectivity index (χ1v) is 9.21. The van der Waals surface area contributed by atoms with Gasteiger partial charge in [-0.25, -0.2) is 4.79 Å². The molecule has 0 saturated heterocycles. The Balaban J connectivity index is 2.52. The van der Waals surface area contributed by atoms with Crippen LogP contribution in [0, 0.1) is 11.3 Å². The first-order chi connectivity index (χ1) is 11.2. The molecule has 1 aromatic rings. The molecule has 1 rings (SSSR count). The van der Waals surface area contributed by atoms with Crippen molar-refractivity contribution in [3.63, 3.8) is 0 Å². The second kappa shape index (κ2) is 9.71. The van der Waals surface area contributed by atoms with Crippen molar-refractivity contribution in [3.8, 4) is 5.75 Å². The van der Waals surface area contributed by atoms with Crippen LogP contribution < -0.4 is 4.74 Å². The van der Waals surface area contributed by atoms with Gasteiger partial charge in [-0.2, -0.15) is 0 Å². The predicted molar refractivity (Wildman–Crippen MR) is 99.5 cm³/mol. The Kier molecular flexibility index (Phi) is 8.30. The van der Waals surface area contributed by atoms with Crippen LogP contribution in [-0.4, -0.2) is 12.3 Å². The van der Waals surface area contributed by atoms with Gasteiger partial charge in [0.1, 0.15) is 11.9 Å². The standard InChI is InChI=1S/C21H34O3/c1-7-8-9-10-11-17-12-14-18(15-13-17)23-20(22)24-19(16(2)3)21(4,5)6/h12-16,19H,7-11H2,1-6H3. The summed E-state index contributed by atoms with van der Waals surface area (Å²) in [4.78, 5) is 12.1. The highest BCUT2D eigenvalue weighted by atomic mass is 16.7. The third kappa shape index (κ3) is 7.37. The van der Waals surface area contributed by atoms with Crippen molar-refractivity contribution in [2.45, 2.75) is 79.8 Å². The van der Waals surface area contributed by atoms with E-state index in [-0.39, 0.29) is 17.4 Å². The summed E-state index contributed by atoms with van der Waals surface area (Å²) in [7, 11) is 0. The van der Waals surface area contributed by atoms with Crippen LogP contribution in [-0.2, 0) is 11.2 Å². The van der Waals surface area contributed by atoms with Crippen molar-refractivity contribution < 1.29 is 14.3 Å². The molecule has 0 radical (unpaired) electrons. The molecule has 0 fully saturated rings. The second-order valence-corrected chi connectivity index (χ2v) is 7.96. The van der Waals surface area contributed by atoms with Gasteiger partial charge in [0.25, 0.3) is 0 Å². The lowest BCUT2D eigenvalue weighted by Crippen LogP contribution is -2.36.